The van der Waals surface area contributed by atoms with E-state index < -0.39 is 0 Å². The fourth-order valence-corrected chi connectivity index (χ4v) is 2.32. The SMILES string of the molecule is O=C(NCc1ccccc1F)c1ccc2nc(Cl)ccc2c1. The van der Waals surface area contributed by atoms with E-state index in [1.807, 2.05) is 0 Å². The van der Waals surface area contributed by atoms with E-state index in [1.165, 1.54) is 6.07 Å². The molecule has 1 aromatic heterocycles. The van der Waals surface area contributed by atoms with Crippen LogP contribution in [0.4, 0.5) is 4.39 Å². The topological polar surface area (TPSA) is 42.0 Å². The molecule has 0 atom stereocenters. The molecule has 1 N–H and O–H groups in total. The molecular weight excluding hydrogens is 303 g/mol. The minimum Gasteiger partial charge on any atom is -0.348 e. The molecule has 3 aromatic rings. The number of amides is 1. The molecule has 2 aromatic carbocycles. The minimum atomic E-state index is -0.333. The Labute approximate surface area is 131 Å². The molecule has 1 amide bonds. The quantitative estimate of drug-likeness (QED) is 0.744. The Morgan fingerprint density at radius 2 is 1.95 bits per heavy atom. The van der Waals surface area contributed by atoms with Crippen molar-refractivity contribution in [1.29, 1.82) is 0 Å². The lowest BCUT2D eigenvalue weighted by Gasteiger charge is -2.07. The van der Waals surface area contributed by atoms with Crippen molar-refractivity contribution in [3.63, 3.8) is 0 Å². The number of pyridine rings is 1. The van der Waals surface area contributed by atoms with E-state index >= 15 is 0 Å². The van der Waals surface area contributed by atoms with Gasteiger partial charge in [-0.25, -0.2) is 9.37 Å². The van der Waals surface area contributed by atoms with E-state index in [-0.39, 0.29) is 18.3 Å². The van der Waals surface area contributed by atoms with Gasteiger partial charge in [-0.3, -0.25) is 4.79 Å². The highest BCUT2D eigenvalue weighted by Gasteiger charge is 2.08. The van der Waals surface area contributed by atoms with Crippen LogP contribution < -0.4 is 5.32 Å². The summed E-state index contributed by atoms with van der Waals surface area (Å²) in [6, 6.07) is 15.0. The molecule has 0 aliphatic carbocycles. The maximum atomic E-state index is 13.5. The molecule has 0 radical (unpaired) electrons. The molecule has 0 unspecified atom stereocenters. The first kappa shape index (κ1) is 14.5. The van der Waals surface area contributed by atoms with Crippen LogP contribution >= 0.6 is 11.6 Å². The van der Waals surface area contributed by atoms with Crippen LogP contribution in [0.3, 0.4) is 0 Å². The molecule has 3 rings (SSSR count). The smallest absolute Gasteiger partial charge is 0.251 e. The van der Waals surface area contributed by atoms with Crippen LogP contribution in [-0.4, -0.2) is 10.9 Å². The number of nitrogens with one attached hydrogen (secondary N) is 1. The van der Waals surface area contributed by atoms with Gasteiger partial charge in [-0.15, -0.1) is 0 Å². The van der Waals surface area contributed by atoms with Crippen LogP contribution in [0, 0.1) is 5.82 Å². The molecule has 0 saturated carbocycles. The summed E-state index contributed by atoms with van der Waals surface area (Å²) in [4.78, 5) is 16.3. The molecule has 0 aliphatic rings. The van der Waals surface area contributed by atoms with E-state index in [9.17, 15) is 9.18 Å². The van der Waals surface area contributed by atoms with E-state index in [1.54, 1.807) is 48.5 Å². The zero-order chi connectivity index (χ0) is 15.5. The summed E-state index contributed by atoms with van der Waals surface area (Å²) >= 11 is 5.83. The largest absolute Gasteiger partial charge is 0.348 e. The molecule has 0 aliphatic heterocycles. The molecule has 0 bridgehead atoms. The number of aromatic nitrogens is 1. The number of halogens is 2. The number of hydrogen-bond acceptors (Lipinski definition) is 2. The first-order chi connectivity index (χ1) is 10.6. The zero-order valence-electron chi connectivity index (χ0n) is 11.5. The average Bonchev–Trinajstić information content (AvgIpc) is 2.53. The lowest BCUT2D eigenvalue weighted by molar-refractivity contribution is 0.0950. The van der Waals surface area contributed by atoms with Crippen molar-refractivity contribution in [2.24, 2.45) is 0 Å². The highest BCUT2D eigenvalue weighted by Crippen LogP contribution is 2.17. The molecule has 5 heteroatoms. The van der Waals surface area contributed by atoms with Gasteiger partial charge >= 0.3 is 0 Å². The number of hydrogen-bond donors (Lipinski definition) is 1. The van der Waals surface area contributed by atoms with Crippen molar-refractivity contribution in [3.8, 4) is 0 Å². The maximum Gasteiger partial charge on any atom is 0.251 e. The Balaban J connectivity index is 1.77. The van der Waals surface area contributed by atoms with Crippen molar-refractivity contribution in [2.75, 3.05) is 0 Å². The molecule has 0 saturated heterocycles. The van der Waals surface area contributed by atoms with Crippen LogP contribution in [0.25, 0.3) is 10.9 Å². The standard InChI is InChI=1S/C17H12ClFN2O/c18-16-8-6-11-9-12(5-7-15(11)21-16)17(22)20-10-13-3-1-2-4-14(13)19/h1-9H,10H2,(H,20,22). The first-order valence-corrected chi connectivity index (χ1v) is 7.09. The highest BCUT2D eigenvalue weighted by molar-refractivity contribution is 6.29. The van der Waals surface area contributed by atoms with Crippen LogP contribution in [0.15, 0.2) is 54.6 Å². The summed E-state index contributed by atoms with van der Waals surface area (Å²) in [5.74, 6) is -0.597. The Morgan fingerprint density at radius 1 is 1.14 bits per heavy atom. The summed E-state index contributed by atoms with van der Waals surface area (Å²) in [5, 5.41) is 3.94. The summed E-state index contributed by atoms with van der Waals surface area (Å²) in [7, 11) is 0. The van der Waals surface area contributed by atoms with Crippen molar-refractivity contribution < 1.29 is 9.18 Å². The predicted octanol–water partition coefficient (Wildman–Crippen LogP) is 3.96. The van der Waals surface area contributed by atoms with Gasteiger partial charge in [-0.05, 0) is 36.4 Å². The average molecular weight is 315 g/mol. The third-order valence-electron chi connectivity index (χ3n) is 3.31. The van der Waals surface area contributed by atoms with Gasteiger partial charge in [0.1, 0.15) is 11.0 Å². The van der Waals surface area contributed by atoms with Gasteiger partial charge in [-0.1, -0.05) is 29.8 Å². The van der Waals surface area contributed by atoms with Crippen LogP contribution in [0.5, 0.6) is 0 Å². The number of carbonyl (C=O) groups is 1. The molecule has 3 nitrogen and oxygen atoms in total. The zero-order valence-corrected chi connectivity index (χ0v) is 12.3. The third kappa shape index (κ3) is 3.07. The van der Waals surface area contributed by atoms with Crippen molar-refractivity contribution in [3.05, 3.63) is 76.7 Å². The Bertz CT molecular complexity index is 851. The van der Waals surface area contributed by atoms with Crippen LogP contribution in [-0.2, 0) is 6.54 Å². The molecule has 0 spiro atoms. The first-order valence-electron chi connectivity index (χ1n) is 6.71. The molecular formula is C17H12ClFN2O. The summed E-state index contributed by atoms with van der Waals surface area (Å²) in [6.07, 6.45) is 0. The molecule has 0 fully saturated rings. The Morgan fingerprint density at radius 3 is 2.77 bits per heavy atom. The minimum absolute atomic E-state index is 0.141. The van der Waals surface area contributed by atoms with Crippen molar-refractivity contribution in [1.82, 2.24) is 10.3 Å². The second-order valence-electron chi connectivity index (χ2n) is 4.82. The fourth-order valence-electron chi connectivity index (χ4n) is 2.16. The maximum absolute atomic E-state index is 13.5. The highest BCUT2D eigenvalue weighted by atomic mass is 35.5. The van der Waals surface area contributed by atoms with Crippen molar-refractivity contribution >= 4 is 28.4 Å². The van der Waals surface area contributed by atoms with Crippen LogP contribution in [0.1, 0.15) is 15.9 Å². The predicted molar refractivity (Wildman–Crippen MR) is 84.3 cm³/mol. The molecule has 110 valence electrons. The fraction of sp³-hybridized carbons (Fsp3) is 0.0588. The van der Waals surface area contributed by atoms with Gasteiger partial charge in [0.25, 0.3) is 5.91 Å². The summed E-state index contributed by atoms with van der Waals surface area (Å²) < 4.78 is 13.5. The lowest BCUT2D eigenvalue weighted by atomic mass is 10.1. The molecule has 1 heterocycles. The van der Waals surface area contributed by atoms with Gasteiger partial charge in [0, 0.05) is 23.1 Å². The second kappa shape index (κ2) is 6.12. The number of rotatable bonds is 3. The third-order valence-corrected chi connectivity index (χ3v) is 3.53. The second-order valence-corrected chi connectivity index (χ2v) is 5.20. The number of carbonyl (C=O) groups excluding carboxylic acids is 1. The van der Waals surface area contributed by atoms with Gasteiger partial charge in [0.05, 0.1) is 5.52 Å². The van der Waals surface area contributed by atoms with E-state index in [4.69, 9.17) is 11.6 Å². The summed E-state index contributed by atoms with van der Waals surface area (Å²) in [6.45, 7) is 0.141. The molecule has 22 heavy (non-hydrogen) atoms. The van der Waals surface area contributed by atoms with E-state index in [2.05, 4.69) is 10.3 Å². The number of fused-ring (bicyclic) bond motifs is 1. The van der Waals surface area contributed by atoms with Crippen molar-refractivity contribution in [2.45, 2.75) is 6.54 Å². The van der Waals surface area contributed by atoms with Crippen LogP contribution in [0.2, 0.25) is 5.15 Å². The number of nitrogens with zero attached hydrogens (tertiary/aromatic N) is 1. The number of benzene rings is 2. The Hall–Kier alpha value is -2.46. The normalized spacial score (nSPS) is 10.6. The van der Waals surface area contributed by atoms with Gasteiger partial charge < -0.3 is 5.32 Å². The Kier molecular flexibility index (Phi) is 4.02. The lowest BCUT2D eigenvalue weighted by Crippen LogP contribution is -2.23. The monoisotopic (exact) mass is 314 g/mol. The van der Waals surface area contributed by atoms with E-state index in [0.29, 0.717) is 16.3 Å². The van der Waals surface area contributed by atoms with E-state index in [0.717, 1.165) is 10.9 Å². The summed E-state index contributed by atoms with van der Waals surface area (Å²) in [5.41, 5.74) is 1.66. The van der Waals surface area contributed by atoms with Gasteiger partial charge in [0.2, 0.25) is 0 Å². The van der Waals surface area contributed by atoms with Gasteiger partial charge in [-0.2, -0.15) is 0 Å². The van der Waals surface area contributed by atoms with Gasteiger partial charge in [0.15, 0.2) is 0 Å².